The van der Waals surface area contributed by atoms with Crippen molar-refractivity contribution in [2.75, 3.05) is 0 Å². The molecule has 0 bridgehead atoms. The van der Waals surface area contributed by atoms with Crippen LogP contribution in [0.1, 0.15) is 17.0 Å². The number of carbonyl (C=O) groups is 1. The van der Waals surface area contributed by atoms with Crippen molar-refractivity contribution in [3.8, 4) is 0 Å². The summed E-state index contributed by atoms with van der Waals surface area (Å²) in [4.78, 5) is 16.8. The zero-order valence-corrected chi connectivity index (χ0v) is 11.6. The van der Waals surface area contributed by atoms with Gasteiger partial charge in [-0.25, -0.2) is 4.98 Å². The third kappa shape index (κ3) is 3.08. The van der Waals surface area contributed by atoms with Crippen molar-refractivity contribution in [3.63, 3.8) is 0 Å². The number of aromatic nitrogens is 2. The molecule has 0 aliphatic heterocycles. The number of carbonyl (C=O) groups excluding carboxylic acids is 1. The topological polar surface area (TPSA) is 34.9 Å². The number of hydrogen-bond acceptors (Lipinski definition) is 2. The minimum Gasteiger partial charge on any atom is -0.330 e. The molecule has 0 saturated carbocycles. The SMILES string of the molecule is O=C(Cn1ccnc1)C(c1ccccc1)c1ccccc1. The minimum absolute atomic E-state index is 0.158. The first-order chi connectivity index (χ1) is 10.3. The highest BCUT2D eigenvalue weighted by Crippen LogP contribution is 2.26. The van der Waals surface area contributed by atoms with Crippen LogP contribution in [0.3, 0.4) is 0 Å². The second kappa shape index (κ2) is 6.18. The van der Waals surface area contributed by atoms with Gasteiger partial charge >= 0.3 is 0 Å². The third-order valence-corrected chi connectivity index (χ3v) is 3.49. The highest BCUT2D eigenvalue weighted by Gasteiger charge is 2.22. The van der Waals surface area contributed by atoms with E-state index in [-0.39, 0.29) is 11.7 Å². The molecule has 0 N–H and O–H groups in total. The zero-order chi connectivity index (χ0) is 14.5. The summed E-state index contributed by atoms with van der Waals surface area (Å²) < 4.78 is 1.81. The predicted molar refractivity (Wildman–Crippen MR) is 82.0 cm³/mol. The molecule has 0 unspecified atom stereocenters. The molecule has 0 aliphatic carbocycles. The second-order valence-corrected chi connectivity index (χ2v) is 4.96. The molecule has 0 fully saturated rings. The Bertz CT molecular complexity index is 651. The summed E-state index contributed by atoms with van der Waals surface area (Å²) in [7, 11) is 0. The molecule has 3 aromatic rings. The largest absolute Gasteiger partial charge is 0.330 e. The van der Waals surface area contributed by atoms with Crippen LogP contribution in [0, 0.1) is 0 Å². The number of imidazole rings is 1. The van der Waals surface area contributed by atoms with Gasteiger partial charge in [0.25, 0.3) is 0 Å². The van der Waals surface area contributed by atoms with Crippen LogP contribution in [0.4, 0.5) is 0 Å². The Morgan fingerprint density at radius 3 is 2.00 bits per heavy atom. The minimum atomic E-state index is -0.241. The van der Waals surface area contributed by atoms with Gasteiger partial charge in [-0.2, -0.15) is 0 Å². The van der Waals surface area contributed by atoms with E-state index in [0.29, 0.717) is 6.54 Å². The Kier molecular flexibility index (Phi) is 3.92. The normalized spacial score (nSPS) is 10.7. The van der Waals surface area contributed by atoms with Gasteiger partial charge < -0.3 is 4.57 Å². The first-order valence-corrected chi connectivity index (χ1v) is 6.93. The molecular formula is C18H16N2O. The van der Waals surface area contributed by atoms with Crippen molar-refractivity contribution in [2.24, 2.45) is 0 Å². The van der Waals surface area contributed by atoms with Gasteiger partial charge in [-0.05, 0) is 11.1 Å². The van der Waals surface area contributed by atoms with E-state index in [1.807, 2.05) is 66.9 Å². The van der Waals surface area contributed by atoms with Crippen LogP contribution in [-0.2, 0) is 11.3 Å². The molecule has 3 heteroatoms. The Labute approximate surface area is 123 Å². The molecule has 3 rings (SSSR count). The van der Waals surface area contributed by atoms with Crippen LogP contribution in [0.15, 0.2) is 79.4 Å². The highest BCUT2D eigenvalue weighted by atomic mass is 16.1. The van der Waals surface area contributed by atoms with Crippen molar-refractivity contribution in [2.45, 2.75) is 12.5 Å². The lowest BCUT2D eigenvalue weighted by molar-refractivity contribution is -0.120. The second-order valence-electron chi connectivity index (χ2n) is 4.96. The lowest BCUT2D eigenvalue weighted by atomic mass is 9.87. The van der Waals surface area contributed by atoms with Gasteiger partial charge in [-0.15, -0.1) is 0 Å². The van der Waals surface area contributed by atoms with Crippen LogP contribution >= 0.6 is 0 Å². The van der Waals surface area contributed by atoms with Crippen molar-refractivity contribution >= 4 is 5.78 Å². The quantitative estimate of drug-likeness (QED) is 0.716. The van der Waals surface area contributed by atoms with E-state index in [1.54, 1.807) is 17.1 Å². The maximum Gasteiger partial charge on any atom is 0.164 e. The number of Topliss-reactive ketones (excluding diaryl/α,β-unsaturated/α-hetero) is 1. The molecule has 0 spiro atoms. The van der Waals surface area contributed by atoms with Crippen molar-refractivity contribution in [3.05, 3.63) is 90.5 Å². The standard InChI is InChI=1S/C18H16N2O/c21-17(13-20-12-11-19-14-20)18(15-7-3-1-4-8-15)16-9-5-2-6-10-16/h1-12,14,18H,13H2. The zero-order valence-electron chi connectivity index (χ0n) is 11.6. The summed E-state index contributed by atoms with van der Waals surface area (Å²) in [6.45, 7) is 0.328. The molecule has 21 heavy (non-hydrogen) atoms. The van der Waals surface area contributed by atoms with Crippen LogP contribution in [0.5, 0.6) is 0 Å². The van der Waals surface area contributed by atoms with E-state index < -0.39 is 0 Å². The van der Waals surface area contributed by atoms with E-state index in [4.69, 9.17) is 0 Å². The van der Waals surface area contributed by atoms with Gasteiger partial charge in [0.05, 0.1) is 18.8 Å². The maximum atomic E-state index is 12.8. The van der Waals surface area contributed by atoms with E-state index in [9.17, 15) is 4.79 Å². The van der Waals surface area contributed by atoms with Crippen molar-refractivity contribution < 1.29 is 4.79 Å². The fourth-order valence-electron chi connectivity index (χ4n) is 2.51. The van der Waals surface area contributed by atoms with Crippen molar-refractivity contribution in [1.82, 2.24) is 9.55 Å². The van der Waals surface area contributed by atoms with Crippen molar-refractivity contribution in [1.29, 1.82) is 0 Å². The van der Waals surface area contributed by atoms with Crippen LogP contribution < -0.4 is 0 Å². The Morgan fingerprint density at radius 2 is 1.52 bits per heavy atom. The first kappa shape index (κ1) is 13.3. The lowest BCUT2D eigenvalue weighted by Crippen LogP contribution is -2.19. The van der Waals surface area contributed by atoms with E-state index >= 15 is 0 Å². The summed E-state index contributed by atoms with van der Waals surface area (Å²) in [5.41, 5.74) is 2.04. The maximum absolute atomic E-state index is 12.8. The van der Waals surface area contributed by atoms with E-state index in [2.05, 4.69) is 4.98 Å². The number of hydrogen-bond donors (Lipinski definition) is 0. The Balaban J connectivity index is 1.95. The smallest absolute Gasteiger partial charge is 0.164 e. The van der Waals surface area contributed by atoms with Gasteiger partial charge in [-0.1, -0.05) is 60.7 Å². The van der Waals surface area contributed by atoms with Crippen LogP contribution in [0.2, 0.25) is 0 Å². The fourth-order valence-corrected chi connectivity index (χ4v) is 2.51. The summed E-state index contributed by atoms with van der Waals surface area (Å²) in [5.74, 6) is -0.0831. The van der Waals surface area contributed by atoms with Gasteiger partial charge in [0.1, 0.15) is 0 Å². The third-order valence-electron chi connectivity index (χ3n) is 3.49. The number of rotatable bonds is 5. The van der Waals surface area contributed by atoms with Crippen LogP contribution in [0.25, 0.3) is 0 Å². The molecular weight excluding hydrogens is 260 g/mol. The molecule has 0 atom stereocenters. The summed E-state index contributed by atoms with van der Waals surface area (Å²) in [6, 6.07) is 19.8. The average molecular weight is 276 g/mol. The van der Waals surface area contributed by atoms with Gasteiger partial charge in [-0.3, -0.25) is 4.79 Å². The van der Waals surface area contributed by atoms with Gasteiger partial charge in [0, 0.05) is 12.4 Å². The lowest BCUT2D eigenvalue weighted by Gasteiger charge is -2.17. The Hall–Kier alpha value is -2.68. The summed E-state index contributed by atoms with van der Waals surface area (Å²) in [5, 5.41) is 0. The molecule has 1 aromatic heterocycles. The number of nitrogens with zero attached hydrogens (tertiary/aromatic N) is 2. The van der Waals surface area contributed by atoms with Gasteiger partial charge in [0.15, 0.2) is 5.78 Å². The number of benzene rings is 2. The van der Waals surface area contributed by atoms with Gasteiger partial charge in [0.2, 0.25) is 0 Å². The molecule has 0 saturated heterocycles. The molecule has 0 radical (unpaired) electrons. The molecule has 0 aliphatic rings. The first-order valence-electron chi connectivity index (χ1n) is 6.93. The summed E-state index contributed by atoms with van der Waals surface area (Å²) in [6.07, 6.45) is 5.17. The molecule has 3 nitrogen and oxygen atoms in total. The number of ketones is 1. The average Bonchev–Trinajstić information content (AvgIpc) is 3.02. The van der Waals surface area contributed by atoms with Crippen LogP contribution in [-0.4, -0.2) is 15.3 Å². The fraction of sp³-hybridized carbons (Fsp3) is 0.111. The van der Waals surface area contributed by atoms with E-state index in [0.717, 1.165) is 11.1 Å². The van der Waals surface area contributed by atoms with E-state index in [1.165, 1.54) is 0 Å². The Morgan fingerprint density at radius 1 is 0.952 bits per heavy atom. The molecule has 1 heterocycles. The monoisotopic (exact) mass is 276 g/mol. The summed E-state index contributed by atoms with van der Waals surface area (Å²) >= 11 is 0. The molecule has 2 aromatic carbocycles. The predicted octanol–water partition coefficient (Wildman–Crippen LogP) is 3.28. The molecule has 0 amide bonds. The molecule has 104 valence electrons. The highest BCUT2D eigenvalue weighted by molar-refractivity contribution is 5.88.